The number of methoxy groups -OCH3 is 2. The molecule has 1 N–H and O–H groups in total. The number of anilines is 1. The first kappa shape index (κ1) is 23.2. The minimum atomic E-state index is -3.97. The number of aromatic nitrogens is 4. The van der Waals surface area contributed by atoms with E-state index in [2.05, 4.69) is 19.9 Å². The summed E-state index contributed by atoms with van der Waals surface area (Å²) in [5.41, 5.74) is 0.817. The number of rotatable bonds is 9. The second-order valence-electron chi connectivity index (χ2n) is 7.30. The van der Waals surface area contributed by atoms with E-state index in [0.717, 1.165) is 6.20 Å². The van der Waals surface area contributed by atoms with Gasteiger partial charge in [-0.25, -0.2) is 12.8 Å². The summed E-state index contributed by atoms with van der Waals surface area (Å²) in [6.45, 7) is 1.52. The van der Waals surface area contributed by atoms with Crippen LogP contribution in [0.5, 0.6) is 11.5 Å². The number of nitrogens with one attached hydrogen (secondary N) is 1. The van der Waals surface area contributed by atoms with Gasteiger partial charge in [0.15, 0.2) is 5.76 Å². The fourth-order valence-electron chi connectivity index (χ4n) is 3.34. The molecule has 0 aliphatic heterocycles. The molecule has 3 aromatic heterocycles. The third-order valence-corrected chi connectivity index (χ3v) is 6.77. The molecule has 0 saturated heterocycles. The topological polar surface area (TPSA) is 121 Å². The van der Waals surface area contributed by atoms with E-state index in [9.17, 15) is 12.8 Å². The molecule has 12 heteroatoms. The van der Waals surface area contributed by atoms with Crippen molar-refractivity contribution in [3.8, 4) is 28.8 Å². The second-order valence-corrected chi connectivity index (χ2v) is 9.40. The van der Waals surface area contributed by atoms with Crippen molar-refractivity contribution in [2.45, 2.75) is 18.6 Å². The molecule has 0 amide bonds. The number of hydrogen-bond acceptors (Lipinski definition) is 8. The van der Waals surface area contributed by atoms with Gasteiger partial charge in [0.25, 0.3) is 0 Å². The van der Waals surface area contributed by atoms with Crippen LogP contribution in [0.15, 0.2) is 59.3 Å². The maximum atomic E-state index is 13.2. The van der Waals surface area contributed by atoms with Gasteiger partial charge in [-0.2, -0.15) is 0 Å². The summed E-state index contributed by atoms with van der Waals surface area (Å²) < 4.78 is 60.0. The second kappa shape index (κ2) is 9.51. The molecule has 0 aliphatic rings. The Labute approximate surface area is 195 Å². The maximum absolute atomic E-state index is 13.2. The third-order valence-electron chi connectivity index (χ3n) is 5.08. The van der Waals surface area contributed by atoms with Crippen LogP contribution < -0.4 is 14.2 Å². The molecular weight excluding hydrogens is 465 g/mol. The van der Waals surface area contributed by atoms with Crippen molar-refractivity contribution in [1.29, 1.82) is 0 Å². The molecule has 178 valence electrons. The van der Waals surface area contributed by atoms with E-state index in [4.69, 9.17) is 13.9 Å². The van der Waals surface area contributed by atoms with Crippen LogP contribution in [0.4, 0.5) is 10.3 Å². The number of benzene rings is 1. The molecule has 0 aliphatic carbocycles. The van der Waals surface area contributed by atoms with Gasteiger partial charge in [-0.05, 0) is 43.3 Å². The van der Waals surface area contributed by atoms with Crippen LogP contribution >= 0.6 is 0 Å². The van der Waals surface area contributed by atoms with Gasteiger partial charge in [-0.15, -0.1) is 10.2 Å². The van der Waals surface area contributed by atoms with Crippen LogP contribution in [0.1, 0.15) is 12.6 Å². The number of halogens is 1. The van der Waals surface area contributed by atoms with E-state index >= 15 is 0 Å². The summed E-state index contributed by atoms with van der Waals surface area (Å²) in [6.07, 6.45) is 2.57. The zero-order valence-corrected chi connectivity index (χ0v) is 19.4. The van der Waals surface area contributed by atoms with Crippen molar-refractivity contribution < 1.29 is 26.7 Å². The van der Waals surface area contributed by atoms with Crippen LogP contribution in [0.2, 0.25) is 0 Å². The van der Waals surface area contributed by atoms with Crippen molar-refractivity contribution >= 4 is 16.0 Å². The Hall–Kier alpha value is -3.93. The maximum Gasteiger partial charge on any atom is 0.243 e. The predicted molar refractivity (Wildman–Crippen MR) is 122 cm³/mol. The van der Waals surface area contributed by atoms with E-state index in [1.54, 1.807) is 30.3 Å². The van der Waals surface area contributed by atoms with Crippen LogP contribution in [0, 0.1) is 5.82 Å². The fourth-order valence-corrected chi connectivity index (χ4v) is 4.32. The Bertz CT molecular complexity index is 1350. The molecule has 34 heavy (non-hydrogen) atoms. The number of ether oxygens (including phenoxy) is 2. The highest BCUT2D eigenvalue weighted by Crippen LogP contribution is 2.37. The Morgan fingerprint density at radius 2 is 1.82 bits per heavy atom. The summed E-state index contributed by atoms with van der Waals surface area (Å²) in [4.78, 5) is 3.94. The van der Waals surface area contributed by atoms with Gasteiger partial charge in [0.05, 0.1) is 31.9 Å². The predicted octanol–water partition coefficient (Wildman–Crippen LogP) is 3.45. The summed E-state index contributed by atoms with van der Waals surface area (Å²) in [5, 5.41) is 7.31. The van der Waals surface area contributed by atoms with Crippen LogP contribution in [0.25, 0.3) is 17.3 Å². The number of pyridine rings is 1. The smallest absolute Gasteiger partial charge is 0.243 e. The minimum Gasteiger partial charge on any atom is -0.494 e. The molecule has 1 aromatic carbocycles. The molecule has 0 spiro atoms. The molecule has 3 heterocycles. The summed E-state index contributed by atoms with van der Waals surface area (Å²) in [6, 6.07) is 11.2. The lowest BCUT2D eigenvalue weighted by Crippen LogP contribution is -2.29. The zero-order chi connectivity index (χ0) is 24.3. The molecule has 1 unspecified atom stereocenters. The number of nitrogens with zero attached hydrogens (tertiary/aromatic N) is 4. The van der Waals surface area contributed by atoms with E-state index in [-0.39, 0.29) is 18.2 Å². The van der Waals surface area contributed by atoms with Crippen molar-refractivity contribution in [2.75, 3.05) is 18.9 Å². The Morgan fingerprint density at radius 3 is 2.41 bits per heavy atom. The molecule has 0 fully saturated rings. The molecular formula is C22H22FN5O5S. The molecule has 10 nitrogen and oxygen atoms in total. The lowest BCUT2D eigenvalue weighted by molar-refractivity contribution is 0.391. The van der Waals surface area contributed by atoms with E-state index in [1.807, 2.05) is 0 Å². The standard InChI is InChI=1S/C22H22FN5O5S/c1-14(12-16-10-9-15(23)13-24-16)34(29,30)27-22-26-25-21(19-8-5-11-33-19)28(22)20-17(31-2)6-4-7-18(20)32-3/h4-11,13-14H,12H2,1-3H3,(H,26,27). The SMILES string of the molecule is COc1cccc(OC)c1-n1c(NS(=O)(=O)C(C)Cc2ccc(F)cn2)nnc1-c1ccco1. The summed E-state index contributed by atoms with van der Waals surface area (Å²) >= 11 is 0. The average Bonchev–Trinajstić information content (AvgIpc) is 3.49. The van der Waals surface area contributed by atoms with Crippen molar-refractivity contribution in [2.24, 2.45) is 0 Å². The van der Waals surface area contributed by atoms with E-state index in [1.165, 1.54) is 44.1 Å². The van der Waals surface area contributed by atoms with Crippen LogP contribution in [-0.2, 0) is 16.4 Å². The van der Waals surface area contributed by atoms with Gasteiger partial charge in [0.2, 0.25) is 21.8 Å². The Morgan fingerprint density at radius 1 is 1.09 bits per heavy atom. The largest absolute Gasteiger partial charge is 0.494 e. The molecule has 0 radical (unpaired) electrons. The lowest BCUT2D eigenvalue weighted by Gasteiger charge is -2.18. The quantitative estimate of drug-likeness (QED) is 0.381. The van der Waals surface area contributed by atoms with Crippen molar-refractivity contribution in [3.63, 3.8) is 0 Å². The highest BCUT2D eigenvalue weighted by Gasteiger charge is 2.28. The molecule has 0 saturated carbocycles. The third kappa shape index (κ3) is 4.57. The highest BCUT2D eigenvalue weighted by molar-refractivity contribution is 7.93. The first-order chi connectivity index (χ1) is 16.3. The number of sulfonamides is 1. The van der Waals surface area contributed by atoms with Gasteiger partial charge in [-0.3, -0.25) is 14.3 Å². The molecule has 1 atom stereocenters. The normalized spacial score (nSPS) is 12.4. The van der Waals surface area contributed by atoms with Gasteiger partial charge in [0.1, 0.15) is 23.0 Å². The van der Waals surface area contributed by atoms with Gasteiger partial charge in [-0.1, -0.05) is 6.07 Å². The number of hydrogen-bond donors (Lipinski definition) is 1. The first-order valence-electron chi connectivity index (χ1n) is 10.2. The first-order valence-corrected chi connectivity index (χ1v) is 11.7. The number of para-hydroxylation sites is 1. The average molecular weight is 488 g/mol. The lowest BCUT2D eigenvalue weighted by atomic mass is 10.2. The minimum absolute atomic E-state index is 0.0623. The zero-order valence-electron chi connectivity index (χ0n) is 18.6. The Balaban J connectivity index is 1.77. The van der Waals surface area contributed by atoms with Crippen molar-refractivity contribution in [1.82, 2.24) is 19.7 Å². The fraction of sp³-hybridized carbons (Fsp3) is 0.227. The van der Waals surface area contributed by atoms with Crippen molar-refractivity contribution in [3.05, 3.63) is 66.4 Å². The van der Waals surface area contributed by atoms with Crippen LogP contribution in [0.3, 0.4) is 0 Å². The number of furan rings is 1. The van der Waals surface area contributed by atoms with Gasteiger partial charge < -0.3 is 13.9 Å². The summed E-state index contributed by atoms with van der Waals surface area (Å²) in [7, 11) is -1.00. The van der Waals surface area contributed by atoms with E-state index in [0.29, 0.717) is 28.6 Å². The van der Waals surface area contributed by atoms with Gasteiger partial charge in [0, 0.05) is 12.1 Å². The van der Waals surface area contributed by atoms with Crippen LogP contribution in [-0.4, -0.2) is 47.6 Å². The molecule has 4 rings (SSSR count). The molecule has 4 aromatic rings. The highest BCUT2D eigenvalue weighted by atomic mass is 32.2. The summed E-state index contributed by atoms with van der Waals surface area (Å²) in [5.74, 6) is 0.801. The van der Waals surface area contributed by atoms with Gasteiger partial charge >= 0.3 is 0 Å². The monoisotopic (exact) mass is 487 g/mol. The molecule has 0 bridgehead atoms. The van der Waals surface area contributed by atoms with E-state index < -0.39 is 21.1 Å². The Kier molecular flexibility index (Phi) is 6.50.